The van der Waals surface area contributed by atoms with Gasteiger partial charge in [0.1, 0.15) is 12.1 Å². The molecule has 1 saturated heterocycles. The third-order valence-corrected chi connectivity index (χ3v) is 7.72. The number of ether oxygens (including phenoxy) is 3. The van der Waals surface area contributed by atoms with Crippen LogP contribution in [0, 0.1) is 0 Å². The molecule has 4 atom stereocenters. The molecule has 46 heavy (non-hydrogen) atoms. The van der Waals surface area contributed by atoms with Gasteiger partial charge in [-0.05, 0) is 41.8 Å². The first-order valence-electron chi connectivity index (χ1n) is 14.2. The molecule has 1 fully saturated rings. The van der Waals surface area contributed by atoms with Crippen LogP contribution in [-0.2, 0) is 38.7 Å². The topological polar surface area (TPSA) is 68.2 Å². The van der Waals surface area contributed by atoms with Gasteiger partial charge < -0.3 is 19.3 Å². The van der Waals surface area contributed by atoms with Gasteiger partial charge in [0.2, 0.25) is 0 Å². The molecular formula is C34H29F6NO5. The fraction of sp³-hybridized carbons (Fsp3) is 0.265. The number of aliphatic hydroxyl groups is 1. The van der Waals surface area contributed by atoms with Gasteiger partial charge in [-0.2, -0.15) is 26.3 Å². The van der Waals surface area contributed by atoms with Crippen LogP contribution in [0.5, 0.6) is 0 Å². The Bertz CT molecular complexity index is 1590. The third-order valence-electron chi connectivity index (χ3n) is 7.72. The highest BCUT2D eigenvalue weighted by Crippen LogP contribution is 2.48. The molecule has 242 valence electrons. The van der Waals surface area contributed by atoms with Crippen LogP contribution in [-0.4, -0.2) is 29.0 Å². The van der Waals surface area contributed by atoms with Crippen molar-refractivity contribution in [3.63, 3.8) is 0 Å². The minimum absolute atomic E-state index is 0.0329. The number of amides is 1. The second-order valence-electron chi connectivity index (χ2n) is 10.7. The number of nitrogens with zero attached hydrogens (tertiary/aromatic N) is 1. The highest BCUT2D eigenvalue weighted by atomic mass is 19.4. The summed E-state index contributed by atoms with van der Waals surface area (Å²) in [5.41, 5.74) is -3.78. The lowest BCUT2D eigenvalue weighted by atomic mass is 9.88. The molecule has 0 aromatic heterocycles. The van der Waals surface area contributed by atoms with Crippen LogP contribution in [0.1, 0.15) is 52.6 Å². The molecule has 1 amide bonds. The molecule has 5 rings (SSSR count). The Morgan fingerprint density at radius 3 is 1.91 bits per heavy atom. The van der Waals surface area contributed by atoms with E-state index in [1.165, 1.54) is 6.92 Å². The molecular weight excluding hydrogens is 616 g/mol. The molecule has 12 heteroatoms. The summed E-state index contributed by atoms with van der Waals surface area (Å²) in [4.78, 5) is 15.1. The standard InChI is InChI=1S/C34H29F6NO5/c1-22(25-17-27(33(35,36)37)19-28(18-25)34(38,39)40)45-21-32(26-15-9-4-10-16-26)30(42)46-29(24-13-7-3-8-14-24)41(32)31(43)44-20-23-11-5-2-6-12-23/h2-19,22,29-30,42H,20-21H2,1H3/t22-,29-,30?,32+/m1/s1. The molecule has 4 aromatic rings. The van der Waals surface area contributed by atoms with E-state index in [0.717, 1.165) is 4.90 Å². The molecule has 0 saturated carbocycles. The predicted molar refractivity (Wildman–Crippen MR) is 154 cm³/mol. The molecule has 1 unspecified atom stereocenters. The van der Waals surface area contributed by atoms with Crippen LogP contribution in [0.25, 0.3) is 0 Å². The Balaban J connectivity index is 1.56. The molecule has 1 heterocycles. The Morgan fingerprint density at radius 2 is 1.37 bits per heavy atom. The minimum Gasteiger partial charge on any atom is -0.444 e. The number of rotatable bonds is 8. The predicted octanol–water partition coefficient (Wildman–Crippen LogP) is 8.38. The van der Waals surface area contributed by atoms with Crippen molar-refractivity contribution < 1.29 is 50.5 Å². The third kappa shape index (κ3) is 6.88. The smallest absolute Gasteiger partial charge is 0.416 e. The van der Waals surface area contributed by atoms with Gasteiger partial charge in [-0.15, -0.1) is 0 Å². The van der Waals surface area contributed by atoms with E-state index in [-0.39, 0.29) is 12.7 Å². The van der Waals surface area contributed by atoms with Crippen molar-refractivity contribution in [2.45, 2.75) is 50.0 Å². The highest BCUT2D eigenvalue weighted by molar-refractivity contribution is 5.70. The zero-order valence-electron chi connectivity index (χ0n) is 24.3. The number of benzene rings is 4. The van der Waals surface area contributed by atoms with Crippen LogP contribution in [0.4, 0.5) is 31.1 Å². The fourth-order valence-electron chi connectivity index (χ4n) is 5.31. The summed E-state index contributed by atoms with van der Waals surface area (Å²) in [5, 5.41) is 11.6. The summed E-state index contributed by atoms with van der Waals surface area (Å²) in [6, 6.07) is 26.6. The minimum atomic E-state index is -5.06. The number of hydrogen-bond donors (Lipinski definition) is 1. The molecule has 0 spiro atoms. The van der Waals surface area contributed by atoms with Crippen LogP contribution in [0.3, 0.4) is 0 Å². The Hall–Kier alpha value is -4.39. The summed E-state index contributed by atoms with van der Waals surface area (Å²) >= 11 is 0. The van der Waals surface area contributed by atoms with Crippen LogP contribution >= 0.6 is 0 Å². The molecule has 0 aliphatic carbocycles. The van der Waals surface area contributed by atoms with E-state index in [0.29, 0.717) is 28.8 Å². The summed E-state index contributed by atoms with van der Waals surface area (Å²) in [6.07, 6.45) is -15.3. The highest BCUT2D eigenvalue weighted by Gasteiger charge is 2.59. The lowest BCUT2D eigenvalue weighted by Crippen LogP contribution is -2.54. The Labute approximate surface area is 260 Å². The van der Waals surface area contributed by atoms with E-state index in [1.807, 2.05) is 0 Å². The summed E-state index contributed by atoms with van der Waals surface area (Å²) < 4.78 is 99.2. The Kier molecular flexibility index (Phi) is 9.43. The molecule has 1 aliphatic rings. The number of carbonyl (C=O) groups excluding carboxylic acids is 1. The van der Waals surface area contributed by atoms with Crippen molar-refractivity contribution in [3.05, 3.63) is 143 Å². The van der Waals surface area contributed by atoms with Gasteiger partial charge in [-0.1, -0.05) is 91.0 Å². The molecule has 0 radical (unpaired) electrons. The fourth-order valence-corrected chi connectivity index (χ4v) is 5.31. The zero-order valence-corrected chi connectivity index (χ0v) is 24.3. The second-order valence-corrected chi connectivity index (χ2v) is 10.7. The van der Waals surface area contributed by atoms with Crippen molar-refractivity contribution in [2.75, 3.05) is 6.61 Å². The van der Waals surface area contributed by atoms with E-state index in [2.05, 4.69) is 0 Å². The van der Waals surface area contributed by atoms with Gasteiger partial charge in [-0.3, -0.25) is 4.90 Å². The number of alkyl halides is 6. The van der Waals surface area contributed by atoms with Gasteiger partial charge >= 0.3 is 18.4 Å². The van der Waals surface area contributed by atoms with Crippen molar-refractivity contribution >= 4 is 6.09 Å². The number of aliphatic hydroxyl groups excluding tert-OH is 1. The molecule has 6 nitrogen and oxygen atoms in total. The van der Waals surface area contributed by atoms with E-state index >= 15 is 0 Å². The first-order chi connectivity index (χ1) is 21.8. The molecule has 1 aliphatic heterocycles. The second kappa shape index (κ2) is 13.1. The molecule has 4 aromatic carbocycles. The first-order valence-corrected chi connectivity index (χ1v) is 14.2. The average molecular weight is 646 g/mol. The molecule has 1 N–H and O–H groups in total. The maximum atomic E-state index is 14.0. The van der Waals surface area contributed by atoms with Gasteiger partial charge in [0.05, 0.1) is 23.8 Å². The van der Waals surface area contributed by atoms with Gasteiger partial charge in [0, 0.05) is 5.56 Å². The maximum Gasteiger partial charge on any atom is 0.416 e. The van der Waals surface area contributed by atoms with Crippen LogP contribution in [0.2, 0.25) is 0 Å². The SMILES string of the molecule is C[C@@H](OC[C@]1(c2ccccc2)C(O)O[C@H](c2ccccc2)N1C(=O)OCc1ccccc1)c1cc(C(F)(F)F)cc(C(F)(F)F)c1. The van der Waals surface area contributed by atoms with E-state index in [4.69, 9.17) is 14.2 Å². The zero-order chi connectivity index (χ0) is 33.1. The number of halogens is 6. The lowest BCUT2D eigenvalue weighted by Gasteiger charge is -2.40. The van der Waals surface area contributed by atoms with Crippen molar-refractivity contribution in [3.8, 4) is 0 Å². The normalized spacial score (nSPS) is 20.8. The number of hydrogen-bond acceptors (Lipinski definition) is 5. The summed E-state index contributed by atoms with van der Waals surface area (Å²) in [5.74, 6) is 0. The van der Waals surface area contributed by atoms with Crippen LogP contribution in [0.15, 0.2) is 109 Å². The van der Waals surface area contributed by atoms with E-state index < -0.39 is 65.9 Å². The van der Waals surface area contributed by atoms with Gasteiger partial charge in [0.15, 0.2) is 12.5 Å². The average Bonchev–Trinajstić information content (AvgIpc) is 3.35. The van der Waals surface area contributed by atoms with Crippen molar-refractivity contribution in [1.29, 1.82) is 0 Å². The Morgan fingerprint density at radius 1 is 0.848 bits per heavy atom. The quantitative estimate of drug-likeness (QED) is 0.195. The van der Waals surface area contributed by atoms with Crippen LogP contribution < -0.4 is 0 Å². The van der Waals surface area contributed by atoms with Gasteiger partial charge in [0.25, 0.3) is 0 Å². The first kappa shape index (κ1) is 33.0. The monoisotopic (exact) mass is 645 g/mol. The van der Waals surface area contributed by atoms with E-state index in [9.17, 15) is 36.2 Å². The summed E-state index contributed by atoms with van der Waals surface area (Å²) in [6.45, 7) is 0.546. The van der Waals surface area contributed by atoms with E-state index in [1.54, 1.807) is 91.0 Å². The summed E-state index contributed by atoms with van der Waals surface area (Å²) in [7, 11) is 0. The van der Waals surface area contributed by atoms with Crippen molar-refractivity contribution in [1.82, 2.24) is 4.90 Å². The number of carbonyl (C=O) groups is 1. The largest absolute Gasteiger partial charge is 0.444 e. The van der Waals surface area contributed by atoms with Gasteiger partial charge in [-0.25, -0.2) is 4.79 Å². The molecule has 0 bridgehead atoms. The lowest BCUT2D eigenvalue weighted by molar-refractivity contribution is -0.143. The van der Waals surface area contributed by atoms with Crippen molar-refractivity contribution in [2.24, 2.45) is 0 Å². The maximum absolute atomic E-state index is 14.0.